The van der Waals surface area contributed by atoms with Gasteiger partial charge in [0, 0.05) is 5.54 Å². The minimum absolute atomic E-state index is 0.0935. The summed E-state index contributed by atoms with van der Waals surface area (Å²) in [5.74, 6) is -1.11. The molecule has 2 saturated carbocycles. The van der Waals surface area contributed by atoms with Crippen LogP contribution in [0.25, 0.3) is 0 Å². The fraction of sp³-hybridized carbons (Fsp3) is 0.833. The van der Waals surface area contributed by atoms with Crippen LogP contribution in [-0.4, -0.2) is 30.7 Å². The minimum Gasteiger partial charge on any atom is -0.466 e. The van der Waals surface area contributed by atoms with Crippen molar-refractivity contribution in [1.29, 1.82) is 0 Å². The van der Waals surface area contributed by atoms with E-state index in [1.165, 1.54) is 0 Å². The summed E-state index contributed by atoms with van der Waals surface area (Å²) >= 11 is 0. The third-order valence-corrected chi connectivity index (χ3v) is 3.96. The molecule has 5 heteroatoms. The molecule has 0 aromatic rings. The second kappa shape index (κ2) is 4.29. The molecule has 2 aliphatic carbocycles. The molecule has 0 saturated heterocycles. The molecule has 2 N–H and O–H groups in total. The average Bonchev–Trinajstić information content (AvgIpc) is 2.72. The molecule has 5 nitrogen and oxygen atoms in total. The van der Waals surface area contributed by atoms with Crippen LogP contribution in [0, 0.1) is 17.8 Å². The molecule has 0 radical (unpaired) electrons. The van der Waals surface area contributed by atoms with Gasteiger partial charge in [-0.05, 0) is 32.6 Å². The van der Waals surface area contributed by atoms with Crippen LogP contribution >= 0.6 is 0 Å². The van der Waals surface area contributed by atoms with Crippen molar-refractivity contribution >= 4 is 11.9 Å². The van der Waals surface area contributed by atoms with Gasteiger partial charge >= 0.3 is 11.9 Å². The van der Waals surface area contributed by atoms with Gasteiger partial charge in [0.25, 0.3) is 0 Å². The van der Waals surface area contributed by atoms with Crippen LogP contribution in [0.2, 0.25) is 0 Å². The van der Waals surface area contributed by atoms with Gasteiger partial charge in [-0.2, -0.15) is 0 Å². The molecular formula is C12H19NO4. The van der Waals surface area contributed by atoms with E-state index in [2.05, 4.69) is 0 Å². The zero-order valence-electron chi connectivity index (χ0n) is 10.3. The van der Waals surface area contributed by atoms with Crippen molar-refractivity contribution in [3.8, 4) is 0 Å². The fourth-order valence-corrected chi connectivity index (χ4v) is 3.16. The lowest BCUT2D eigenvalue weighted by Crippen LogP contribution is -2.41. The Labute approximate surface area is 101 Å². The molecule has 2 aliphatic rings. The maximum Gasteiger partial charge on any atom is 0.311 e. The summed E-state index contributed by atoms with van der Waals surface area (Å²) in [6.45, 7) is 4.23. The maximum absolute atomic E-state index is 11.8. The van der Waals surface area contributed by atoms with Gasteiger partial charge in [0.05, 0.1) is 25.0 Å². The SMILES string of the molecule is CCOC(=O)C1CCC2C(C(=O)OCC)C12N. The average molecular weight is 241 g/mol. The summed E-state index contributed by atoms with van der Waals surface area (Å²) in [6.07, 6.45) is 1.53. The first kappa shape index (κ1) is 12.4. The lowest BCUT2D eigenvalue weighted by Gasteiger charge is -2.19. The molecule has 0 spiro atoms. The molecule has 2 rings (SSSR count). The topological polar surface area (TPSA) is 78.6 Å². The van der Waals surface area contributed by atoms with E-state index < -0.39 is 5.54 Å². The van der Waals surface area contributed by atoms with Crippen LogP contribution in [0.4, 0.5) is 0 Å². The standard InChI is InChI=1S/C12H19NO4/c1-3-16-10(14)8-6-5-7-9(12(7,8)13)11(15)17-4-2/h7-9H,3-6,13H2,1-2H3. The summed E-state index contributed by atoms with van der Waals surface area (Å²) in [7, 11) is 0. The Morgan fingerprint density at radius 2 is 1.76 bits per heavy atom. The lowest BCUT2D eigenvalue weighted by molar-refractivity contribution is -0.150. The number of carbonyl (C=O) groups is 2. The van der Waals surface area contributed by atoms with Crippen molar-refractivity contribution in [2.45, 2.75) is 32.2 Å². The monoisotopic (exact) mass is 241 g/mol. The summed E-state index contributed by atoms with van der Waals surface area (Å²) < 4.78 is 9.99. The second-order valence-corrected chi connectivity index (χ2v) is 4.72. The molecule has 0 aromatic carbocycles. The van der Waals surface area contributed by atoms with E-state index in [9.17, 15) is 9.59 Å². The van der Waals surface area contributed by atoms with Crippen molar-refractivity contribution in [2.24, 2.45) is 23.5 Å². The first-order valence-electron chi connectivity index (χ1n) is 6.19. The van der Waals surface area contributed by atoms with E-state index in [1.54, 1.807) is 13.8 Å². The Hall–Kier alpha value is -1.10. The van der Waals surface area contributed by atoms with Gasteiger partial charge in [0.1, 0.15) is 0 Å². The fourth-order valence-electron chi connectivity index (χ4n) is 3.16. The molecule has 4 unspecified atom stereocenters. The Morgan fingerprint density at radius 1 is 1.18 bits per heavy atom. The summed E-state index contributed by atoms with van der Waals surface area (Å²) in [5, 5.41) is 0. The van der Waals surface area contributed by atoms with Crippen LogP contribution in [0.1, 0.15) is 26.7 Å². The summed E-state index contributed by atoms with van der Waals surface area (Å²) in [5.41, 5.74) is 5.49. The molecule has 0 bridgehead atoms. The van der Waals surface area contributed by atoms with E-state index in [0.29, 0.717) is 13.2 Å². The molecule has 0 amide bonds. The summed E-state index contributed by atoms with van der Waals surface area (Å²) in [6, 6.07) is 0. The van der Waals surface area contributed by atoms with Crippen LogP contribution in [0.5, 0.6) is 0 Å². The Kier molecular flexibility index (Phi) is 3.12. The Bertz CT molecular complexity index is 343. The normalized spacial score (nSPS) is 38.4. The van der Waals surface area contributed by atoms with Crippen molar-refractivity contribution < 1.29 is 19.1 Å². The molecule has 0 aromatic heterocycles. The first-order valence-corrected chi connectivity index (χ1v) is 6.19. The van der Waals surface area contributed by atoms with E-state index >= 15 is 0 Å². The quantitative estimate of drug-likeness (QED) is 0.724. The van der Waals surface area contributed by atoms with Crippen molar-refractivity contribution in [2.75, 3.05) is 13.2 Å². The highest BCUT2D eigenvalue weighted by molar-refractivity contribution is 5.85. The van der Waals surface area contributed by atoms with Gasteiger partial charge in [-0.25, -0.2) is 0 Å². The predicted octanol–water partition coefficient (Wildman–Crippen LogP) is 0.466. The Balaban J connectivity index is 2.05. The number of rotatable bonds is 4. The van der Waals surface area contributed by atoms with Gasteiger partial charge in [-0.3, -0.25) is 9.59 Å². The molecular weight excluding hydrogens is 222 g/mol. The molecule has 0 aliphatic heterocycles. The van der Waals surface area contributed by atoms with Crippen LogP contribution in [-0.2, 0) is 19.1 Å². The number of fused-ring (bicyclic) bond motifs is 1. The maximum atomic E-state index is 11.8. The number of hydrogen-bond donors (Lipinski definition) is 1. The van der Waals surface area contributed by atoms with E-state index in [-0.39, 0.29) is 29.7 Å². The van der Waals surface area contributed by atoms with Crippen molar-refractivity contribution in [3.63, 3.8) is 0 Å². The van der Waals surface area contributed by atoms with E-state index in [4.69, 9.17) is 15.2 Å². The highest BCUT2D eigenvalue weighted by atomic mass is 16.5. The van der Waals surface area contributed by atoms with Crippen LogP contribution in [0.3, 0.4) is 0 Å². The summed E-state index contributed by atoms with van der Waals surface area (Å²) in [4.78, 5) is 23.5. The van der Waals surface area contributed by atoms with Gasteiger partial charge < -0.3 is 15.2 Å². The van der Waals surface area contributed by atoms with E-state index in [1.807, 2.05) is 0 Å². The zero-order valence-corrected chi connectivity index (χ0v) is 10.3. The lowest BCUT2D eigenvalue weighted by atomic mass is 9.95. The number of esters is 2. The second-order valence-electron chi connectivity index (χ2n) is 4.72. The zero-order chi connectivity index (χ0) is 12.6. The highest BCUT2D eigenvalue weighted by Crippen LogP contribution is 2.62. The third-order valence-electron chi connectivity index (χ3n) is 3.96. The molecule has 96 valence electrons. The molecule has 2 fully saturated rings. The predicted molar refractivity (Wildman–Crippen MR) is 59.9 cm³/mol. The largest absolute Gasteiger partial charge is 0.466 e. The molecule has 4 atom stereocenters. The smallest absolute Gasteiger partial charge is 0.311 e. The highest BCUT2D eigenvalue weighted by Gasteiger charge is 2.74. The number of nitrogens with two attached hydrogens (primary N) is 1. The molecule has 17 heavy (non-hydrogen) atoms. The van der Waals surface area contributed by atoms with Crippen molar-refractivity contribution in [3.05, 3.63) is 0 Å². The van der Waals surface area contributed by atoms with E-state index in [0.717, 1.165) is 12.8 Å². The van der Waals surface area contributed by atoms with Gasteiger partial charge in [-0.1, -0.05) is 0 Å². The van der Waals surface area contributed by atoms with Crippen LogP contribution in [0.15, 0.2) is 0 Å². The molecule has 0 heterocycles. The number of hydrogen-bond acceptors (Lipinski definition) is 5. The number of ether oxygens (including phenoxy) is 2. The van der Waals surface area contributed by atoms with Gasteiger partial charge in [0.15, 0.2) is 0 Å². The van der Waals surface area contributed by atoms with Crippen LogP contribution < -0.4 is 5.73 Å². The van der Waals surface area contributed by atoms with Crippen molar-refractivity contribution in [1.82, 2.24) is 0 Å². The van der Waals surface area contributed by atoms with Gasteiger partial charge in [-0.15, -0.1) is 0 Å². The minimum atomic E-state index is -0.710. The first-order chi connectivity index (χ1) is 8.07. The number of carbonyl (C=O) groups excluding carboxylic acids is 2. The third kappa shape index (κ3) is 1.73. The Morgan fingerprint density at radius 3 is 2.35 bits per heavy atom. The van der Waals surface area contributed by atoms with Gasteiger partial charge in [0.2, 0.25) is 0 Å².